The minimum absolute atomic E-state index is 0.258. The molecule has 1 N–H and O–H groups in total. The SMILES string of the molecule is O=C(OCO)c1nccs1. The van der Waals surface area contributed by atoms with Crippen LogP contribution in [0.4, 0.5) is 0 Å². The van der Waals surface area contributed by atoms with E-state index in [0.717, 1.165) is 0 Å². The standard InChI is InChI=1S/C5H5NO3S/c7-3-9-5(8)4-6-1-2-10-4/h1-2,7H,3H2. The molecule has 0 aromatic carbocycles. The van der Waals surface area contributed by atoms with E-state index in [0.29, 0.717) is 0 Å². The molecule has 0 radical (unpaired) electrons. The lowest BCUT2D eigenvalue weighted by Gasteiger charge is -1.93. The lowest BCUT2D eigenvalue weighted by Crippen LogP contribution is -2.04. The molecule has 0 saturated heterocycles. The van der Waals surface area contributed by atoms with Crippen molar-refractivity contribution >= 4 is 17.3 Å². The number of thiazole rings is 1. The summed E-state index contributed by atoms with van der Waals surface area (Å²) in [7, 11) is 0. The molecule has 0 spiro atoms. The first-order valence-corrected chi connectivity index (χ1v) is 3.40. The molecule has 54 valence electrons. The summed E-state index contributed by atoms with van der Waals surface area (Å²) in [6.45, 7) is -0.599. The number of ether oxygens (including phenoxy) is 1. The predicted molar refractivity (Wildman–Crippen MR) is 34.6 cm³/mol. The fourth-order valence-corrected chi connectivity index (χ4v) is 0.972. The molecule has 5 heteroatoms. The maximum absolute atomic E-state index is 10.7. The van der Waals surface area contributed by atoms with Gasteiger partial charge < -0.3 is 9.84 Å². The number of carbonyl (C=O) groups is 1. The Morgan fingerprint density at radius 1 is 1.90 bits per heavy atom. The molecule has 0 atom stereocenters. The summed E-state index contributed by atoms with van der Waals surface area (Å²) in [5.74, 6) is -0.586. The normalized spacial score (nSPS) is 9.30. The van der Waals surface area contributed by atoms with Crippen LogP contribution in [0.5, 0.6) is 0 Å². The van der Waals surface area contributed by atoms with Crippen LogP contribution in [0.15, 0.2) is 11.6 Å². The molecule has 0 amide bonds. The molecule has 0 bridgehead atoms. The smallest absolute Gasteiger partial charge is 0.369 e. The number of hydrogen-bond acceptors (Lipinski definition) is 5. The molecule has 0 aliphatic heterocycles. The van der Waals surface area contributed by atoms with Gasteiger partial charge in [-0.3, -0.25) is 0 Å². The number of rotatable bonds is 2. The van der Waals surface area contributed by atoms with Crippen molar-refractivity contribution in [2.45, 2.75) is 0 Å². The third-order valence-electron chi connectivity index (χ3n) is 0.803. The quantitative estimate of drug-likeness (QED) is 0.496. The predicted octanol–water partition coefficient (Wildman–Crippen LogP) is 0.250. The summed E-state index contributed by atoms with van der Waals surface area (Å²) in [4.78, 5) is 14.3. The lowest BCUT2D eigenvalue weighted by molar-refractivity contribution is 0.00681. The van der Waals surface area contributed by atoms with E-state index >= 15 is 0 Å². The van der Waals surface area contributed by atoms with Gasteiger partial charge in [0.2, 0.25) is 5.01 Å². The van der Waals surface area contributed by atoms with Crippen molar-refractivity contribution in [3.05, 3.63) is 16.6 Å². The van der Waals surface area contributed by atoms with Crippen molar-refractivity contribution in [2.24, 2.45) is 0 Å². The Hall–Kier alpha value is -0.940. The van der Waals surface area contributed by atoms with Crippen molar-refractivity contribution < 1.29 is 14.6 Å². The zero-order chi connectivity index (χ0) is 7.40. The Morgan fingerprint density at radius 2 is 2.70 bits per heavy atom. The van der Waals surface area contributed by atoms with Gasteiger partial charge in [-0.1, -0.05) is 0 Å². The molecule has 0 aliphatic rings. The van der Waals surface area contributed by atoms with E-state index in [4.69, 9.17) is 5.11 Å². The summed E-state index contributed by atoms with van der Waals surface area (Å²) in [5.41, 5.74) is 0. The van der Waals surface area contributed by atoms with E-state index in [1.54, 1.807) is 5.38 Å². The molecule has 1 rings (SSSR count). The zero-order valence-corrected chi connectivity index (χ0v) is 5.80. The van der Waals surface area contributed by atoms with E-state index < -0.39 is 12.8 Å². The van der Waals surface area contributed by atoms with Gasteiger partial charge in [-0.25, -0.2) is 9.78 Å². The first-order valence-electron chi connectivity index (χ1n) is 2.52. The highest BCUT2D eigenvalue weighted by Gasteiger charge is 2.07. The Labute approximate surface area is 61.1 Å². The molecular formula is C5H5NO3S. The Morgan fingerprint density at radius 3 is 3.20 bits per heavy atom. The summed E-state index contributed by atoms with van der Waals surface area (Å²) >= 11 is 1.17. The summed E-state index contributed by atoms with van der Waals surface area (Å²) in [5, 5.41) is 10.1. The van der Waals surface area contributed by atoms with E-state index in [-0.39, 0.29) is 5.01 Å². The molecule has 1 heterocycles. The maximum atomic E-state index is 10.7. The van der Waals surface area contributed by atoms with Crippen molar-refractivity contribution in [1.29, 1.82) is 0 Å². The van der Waals surface area contributed by atoms with Gasteiger partial charge in [0.05, 0.1) is 0 Å². The molecule has 0 unspecified atom stereocenters. The van der Waals surface area contributed by atoms with Gasteiger partial charge in [0, 0.05) is 11.6 Å². The van der Waals surface area contributed by atoms with Gasteiger partial charge in [-0.15, -0.1) is 11.3 Å². The fourth-order valence-electron chi connectivity index (χ4n) is 0.445. The fraction of sp³-hybridized carbons (Fsp3) is 0.200. The number of aliphatic hydroxyl groups excluding tert-OH is 1. The van der Waals surface area contributed by atoms with Gasteiger partial charge in [-0.05, 0) is 0 Å². The van der Waals surface area contributed by atoms with Crippen LogP contribution in [-0.4, -0.2) is 22.9 Å². The molecule has 0 fully saturated rings. The van der Waals surface area contributed by atoms with Crippen molar-refractivity contribution in [3.8, 4) is 0 Å². The number of hydrogen-bond donors (Lipinski definition) is 1. The number of nitrogens with zero attached hydrogens (tertiary/aromatic N) is 1. The van der Waals surface area contributed by atoms with Crippen LogP contribution in [0.1, 0.15) is 9.80 Å². The number of esters is 1. The van der Waals surface area contributed by atoms with E-state index in [9.17, 15) is 4.79 Å². The molecule has 1 aromatic rings. The molecule has 0 aliphatic carbocycles. The van der Waals surface area contributed by atoms with Gasteiger partial charge >= 0.3 is 5.97 Å². The average Bonchev–Trinajstić information content (AvgIpc) is 2.38. The minimum atomic E-state index is -0.599. The first-order chi connectivity index (χ1) is 4.84. The zero-order valence-electron chi connectivity index (χ0n) is 4.98. The second-order valence-corrected chi connectivity index (χ2v) is 2.29. The van der Waals surface area contributed by atoms with E-state index in [1.807, 2.05) is 0 Å². The minimum Gasteiger partial charge on any atom is -0.433 e. The third-order valence-corrected chi connectivity index (χ3v) is 1.56. The first kappa shape index (κ1) is 7.17. The molecule has 4 nitrogen and oxygen atoms in total. The Bertz CT molecular complexity index is 209. The van der Waals surface area contributed by atoms with Crippen molar-refractivity contribution in [3.63, 3.8) is 0 Å². The van der Waals surface area contributed by atoms with Crippen molar-refractivity contribution in [1.82, 2.24) is 4.98 Å². The third kappa shape index (κ3) is 1.52. The van der Waals surface area contributed by atoms with Crippen molar-refractivity contribution in [2.75, 3.05) is 6.79 Å². The highest BCUT2D eigenvalue weighted by Crippen LogP contribution is 2.04. The van der Waals surface area contributed by atoms with Crippen LogP contribution in [0.2, 0.25) is 0 Å². The topological polar surface area (TPSA) is 59.4 Å². The van der Waals surface area contributed by atoms with Crippen LogP contribution in [-0.2, 0) is 4.74 Å². The highest BCUT2D eigenvalue weighted by atomic mass is 32.1. The monoisotopic (exact) mass is 159 g/mol. The number of aromatic nitrogens is 1. The van der Waals surface area contributed by atoms with Crippen LogP contribution in [0.3, 0.4) is 0 Å². The molecule has 10 heavy (non-hydrogen) atoms. The van der Waals surface area contributed by atoms with Gasteiger partial charge in [0.25, 0.3) is 0 Å². The van der Waals surface area contributed by atoms with Crippen LogP contribution in [0, 0.1) is 0 Å². The maximum Gasteiger partial charge on any atom is 0.369 e. The van der Waals surface area contributed by atoms with Gasteiger partial charge in [-0.2, -0.15) is 0 Å². The Kier molecular flexibility index (Phi) is 2.35. The van der Waals surface area contributed by atoms with E-state index in [2.05, 4.69) is 9.72 Å². The van der Waals surface area contributed by atoms with E-state index in [1.165, 1.54) is 17.5 Å². The molecule has 0 saturated carbocycles. The summed E-state index contributed by atoms with van der Waals surface area (Å²) in [6.07, 6.45) is 1.50. The van der Waals surface area contributed by atoms with Crippen LogP contribution >= 0.6 is 11.3 Å². The Balaban J connectivity index is 2.59. The highest BCUT2D eigenvalue weighted by molar-refractivity contribution is 7.11. The lowest BCUT2D eigenvalue weighted by atomic mass is 10.7. The van der Waals surface area contributed by atoms with Gasteiger partial charge in [0.1, 0.15) is 0 Å². The van der Waals surface area contributed by atoms with Crippen LogP contribution < -0.4 is 0 Å². The largest absolute Gasteiger partial charge is 0.433 e. The average molecular weight is 159 g/mol. The summed E-state index contributed by atoms with van der Waals surface area (Å²) < 4.78 is 4.25. The second kappa shape index (κ2) is 3.28. The summed E-state index contributed by atoms with van der Waals surface area (Å²) in [6, 6.07) is 0. The number of aliphatic hydroxyl groups is 1. The van der Waals surface area contributed by atoms with Crippen LogP contribution in [0.25, 0.3) is 0 Å². The second-order valence-electron chi connectivity index (χ2n) is 1.40. The molecular weight excluding hydrogens is 154 g/mol. The molecule has 1 aromatic heterocycles. The van der Waals surface area contributed by atoms with Gasteiger partial charge in [0.15, 0.2) is 6.79 Å². The number of carbonyl (C=O) groups excluding carboxylic acids is 1.